The number of hydrogen-bond acceptors (Lipinski definition) is 0. The molecule has 0 saturated heterocycles. The second-order valence-corrected chi connectivity index (χ2v) is 11.1. The molecule has 0 N–H and O–H groups in total. The van der Waals surface area contributed by atoms with E-state index in [0.29, 0.717) is 5.92 Å². The molecule has 2 aromatic rings. The molecule has 0 spiro atoms. The van der Waals surface area contributed by atoms with Gasteiger partial charge in [0.15, 0.2) is 0 Å². The number of rotatable bonds is 1. The molecule has 1 heteroatoms. The van der Waals surface area contributed by atoms with Gasteiger partial charge in [-0.3, -0.25) is 0 Å². The molecule has 3 rings (SSSR count). The van der Waals surface area contributed by atoms with Crippen LogP contribution in [-0.4, -0.2) is 18.8 Å². The summed E-state index contributed by atoms with van der Waals surface area (Å²) < 4.78 is 0. The van der Waals surface area contributed by atoms with Gasteiger partial charge in [-0.2, -0.15) is 10.0 Å². The molecular formula is C23H24S. The van der Waals surface area contributed by atoms with E-state index in [4.69, 9.17) is 0 Å². The van der Waals surface area contributed by atoms with Gasteiger partial charge in [-0.25, -0.2) is 0 Å². The van der Waals surface area contributed by atoms with E-state index < -0.39 is 10.0 Å². The predicted octanol–water partition coefficient (Wildman–Crippen LogP) is 5.28. The molecule has 1 saturated carbocycles. The Hall–Kier alpha value is -2.09. The lowest BCUT2D eigenvalue weighted by molar-refractivity contribution is 1.12. The minimum absolute atomic E-state index is 0.677. The van der Waals surface area contributed by atoms with E-state index in [1.54, 1.807) is 0 Å². The molecule has 0 atom stereocenters. The summed E-state index contributed by atoms with van der Waals surface area (Å²) in [6.07, 6.45) is 9.23. The first-order chi connectivity index (χ1) is 11.4. The average molecular weight is 333 g/mol. The summed E-state index contributed by atoms with van der Waals surface area (Å²) in [5.41, 5.74) is 6.00. The molecule has 24 heavy (non-hydrogen) atoms. The summed E-state index contributed by atoms with van der Waals surface area (Å²) in [6.45, 7) is 2.10. The number of aryl methyl sites for hydroxylation is 1. The molecule has 0 heterocycles. The fourth-order valence-electron chi connectivity index (χ4n) is 2.47. The van der Waals surface area contributed by atoms with Gasteiger partial charge in [0.1, 0.15) is 0 Å². The van der Waals surface area contributed by atoms with Gasteiger partial charge in [0, 0.05) is 16.7 Å². The zero-order valence-corrected chi connectivity index (χ0v) is 15.8. The van der Waals surface area contributed by atoms with E-state index in [1.807, 2.05) is 0 Å². The normalized spacial score (nSPS) is 14.2. The summed E-state index contributed by atoms with van der Waals surface area (Å²) in [4.78, 5) is 0. The van der Waals surface area contributed by atoms with Crippen LogP contribution in [0.1, 0.15) is 46.6 Å². The number of hydrogen-bond donors (Lipinski definition) is 0. The molecule has 0 unspecified atom stereocenters. The van der Waals surface area contributed by atoms with Crippen LogP contribution < -0.4 is 0 Å². The molecular weight excluding hydrogens is 308 g/mol. The van der Waals surface area contributed by atoms with E-state index in [-0.39, 0.29) is 0 Å². The summed E-state index contributed by atoms with van der Waals surface area (Å²) in [7, 11) is -0.789. The molecule has 1 aliphatic rings. The summed E-state index contributed by atoms with van der Waals surface area (Å²) in [5.74, 6) is 10.7. The maximum absolute atomic E-state index is 3.40. The van der Waals surface area contributed by atoms with Crippen LogP contribution in [0.15, 0.2) is 42.5 Å². The Kier molecular flexibility index (Phi) is 4.75. The van der Waals surface area contributed by atoms with Crippen LogP contribution in [0.4, 0.5) is 0 Å². The Morgan fingerprint density at radius 1 is 0.833 bits per heavy atom. The molecule has 0 bridgehead atoms. The highest BCUT2D eigenvalue weighted by molar-refractivity contribution is 8.35. The van der Waals surface area contributed by atoms with Crippen LogP contribution in [0.25, 0.3) is 0 Å². The van der Waals surface area contributed by atoms with E-state index in [0.717, 1.165) is 16.7 Å². The summed E-state index contributed by atoms with van der Waals surface area (Å²) in [6, 6.07) is 14.9. The second kappa shape index (κ2) is 6.80. The van der Waals surface area contributed by atoms with Crippen molar-refractivity contribution in [3.63, 3.8) is 0 Å². The maximum Gasteiger partial charge on any atom is 0.0284 e. The molecule has 1 fully saturated rings. The van der Waals surface area contributed by atoms with Gasteiger partial charge < -0.3 is 0 Å². The van der Waals surface area contributed by atoms with Crippen LogP contribution in [0.5, 0.6) is 0 Å². The van der Waals surface area contributed by atoms with Gasteiger partial charge >= 0.3 is 0 Å². The highest BCUT2D eigenvalue weighted by Gasteiger charge is 2.25. The third-order valence-electron chi connectivity index (χ3n) is 3.96. The first-order valence-electron chi connectivity index (χ1n) is 8.34. The topological polar surface area (TPSA) is 0 Å². The Morgan fingerprint density at radius 2 is 1.50 bits per heavy atom. The smallest absolute Gasteiger partial charge is 0.0284 e. The lowest BCUT2D eigenvalue weighted by atomic mass is 10.00. The SMILES string of the molecule is Cc1ccc(C#Cc2ccc(C#CS(C)(C)C)cc2C2CC2)cc1. The van der Waals surface area contributed by atoms with Gasteiger partial charge in [0.2, 0.25) is 0 Å². The minimum Gasteiger partial charge on any atom is -0.186 e. The molecule has 0 amide bonds. The molecule has 0 radical (unpaired) electrons. The highest BCUT2D eigenvalue weighted by Crippen LogP contribution is 2.42. The van der Waals surface area contributed by atoms with Crippen LogP contribution >= 0.6 is 10.0 Å². The van der Waals surface area contributed by atoms with Crippen molar-refractivity contribution in [2.45, 2.75) is 25.7 Å². The summed E-state index contributed by atoms with van der Waals surface area (Å²) >= 11 is 0. The van der Waals surface area contributed by atoms with E-state index in [9.17, 15) is 0 Å². The van der Waals surface area contributed by atoms with Crippen molar-refractivity contribution >= 4 is 10.0 Å². The highest BCUT2D eigenvalue weighted by atomic mass is 32.3. The van der Waals surface area contributed by atoms with Crippen molar-refractivity contribution in [1.82, 2.24) is 0 Å². The van der Waals surface area contributed by atoms with Crippen molar-refractivity contribution < 1.29 is 0 Å². The van der Waals surface area contributed by atoms with Crippen LogP contribution in [-0.2, 0) is 0 Å². The van der Waals surface area contributed by atoms with Crippen LogP contribution in [0.2, 0.25) is 0 Å². The zero-order chi connectivity index (χ0) is 17.2. The first kappa shape index (κ1) is 16.8. The van der Waals surface area contributed by atoms with Crippen molar-refractivity contribution in [1.29, 1.82) is 0 Å². The third kappa shape index (κ3) is 4.70. The van der Waals surface area contributed by atoms with Crippen molar-refractivity contribution in [2.75, 3.05) is 18.8 Å². The average Bonchev–Trinajstić information content (AvgIpc) is 3.37. The zero-order valence-electron chi connectivity index (χ0n) is 14.9. The minimum atomic E-state index is -0.789. The standard InChI is InChI=1S/C23H24S/c1-18-5-7-19(8-6-18)9-11-21-12-10-20(15-16-24(2,3)4)17-23(21)22-13-14-22/h5-8,10,12,17,22H,13-14H2,1-4H3. The van der Waals surface area contributed by atoms with Gasteiger partial charge in [0.05, 0.1) is 0 Å². The molecule has 0 nitrogen and oxygen atoms in total. The Bertz CT molecular complexity index is 855. The van der Waals surface area contributed by atoms with Crippen molar-refractivity contribution in [3.8, 4) is 23.0 Å². The fraction of sp³-hybridized carbons (Fsp3) is 0.304. The van der Waals surface area contributed by atoms with Gasteiger partial charge in [-0.15, -0.1) is 0 Å². The number of benzene rings is 2. The van der Waals surface area contributed by atoms with E-state index in [1.165, 1.54) is 24.0 Å². The van der Waals surface area contributed by atoms with Crippen LogP contribution in [0, 0.1) is 29.9 Å². The van der Waals surface area contributed by atoms with Gasteiger partial charge in [-0.1, -0.05) is 35.5 Å². The molecule has 2 aromatic carbocycles. The second-order valence-electron chi connectivity index (χ2n) is 7.26. The fourth-order valence-corrected chi connectivity index (χ4v) is 2.90. The largest absolute Gasteiger partial charge is 0.186 e. The monoisotopic (exact) mass is 332 g/mol. The van der Waals surface area contributed by atoms with Crippen molar-refractivity contribution in [3.05, 3.63) is 70.3 Å². The molecule has 122 valence electrons. The lowest BCUT2D eigenvalue weighted by Crippen LogP contribution is -1.90. The molecule has 1 aliphatic carbocycles. The predicted molar refractivity (Wildman–Crippen MR) is 108 cm³/mol. The van der Waals surface area contributed by atoms with Crippen molar-refractivity contribution in [2.24, 2.45) is 0 Å². The molecule has 0 aromatic heterocycles. The Balaban J connectivity index is 1.91. The Morgan fingerprint density at radius 3 is 2.12 bits per heavy atom. The van der Waals surface area contributed by atoms with Crippen LogP contribution in [0.3, 0.4) is 0 Å². The molecule has 0 aliphatic heterocycles. The third-order valence-corrected chi connectivity index (χ3v) is 4.68. The van der Waals surface area contributed by atoms with E-state index in [2.05, 4.69) is 91.2 Å². The lowest BCUT2D eigenvalue weighted by Gasteiger charge is -2.14. The summed E-state index contributed by atoms with van der Waals surface area (Å²) in [5, 5.41) is 3.40. The quantitative estimate of drug-likeness (QED) is 0.624. The Labute approximate surface area is 148 Å². The van der Waals surface area contributed by atoms with E-state index >= 15 is 0 Å². The maximum atomic E-state index is 3.40. The first-order valence-corrected chi connectivity index (χ1v) is 11.2. The van der Waals surface area contributed by atoms with Gasteiger partial charge in [-0.05, 0) is 85.6 Å². The van der Waals surface area contributed by atoms with Gasteiger partial charge in [0.25, 0.3) is 0 Å².